The van der Waals surface area contributed by atoms with Crippen molar-refractivity contribution in [3.05, 3.63) is 70.7 Å². The molecule has 2 rings (SSSR count). The van der Waals surface area contributed by atoms with Gasteiger partial charge in [-0.1, -0.05) is 54.1 Å². The molecule has 2 aromatic carbocycles. The van der Waals surface area contributed by atoms with Crippen molar-refractivity contribution >= 4 is 23.4 Å². The molecule has 0 heterocycles. The number of carbonyl (C=O) groups excluding carboxylic acids is 2. The standard InChI is InChI=1S/C18H19ClN2O2/c19-15-11-5-4-10-14(15)18(23)21-16(17(20)22)12-6-9-13-7-2-1-3-8-13/h1-5,7-8,10-11,16H,6,9,12H2,(H2,20,22)(H,21,23)/t16-/m0/s1. The summed E-state index contributed by atoms with van der Waals surface area (Å²) in [5.74, 6) is -0.933. The number of rotatable bonds is 7. The number of carbonyl (C=O) groups is 2. The van der Waals surface area contributed by atoms with Crippen LogP contribution in [0.25, 0.3) is 0 Å². The summed E-state index contributed by atoms with van der Waals surface area (Å²) in [6.45, 7) is 0. The maximum atomic E-state index is 12.2. The van der Waals surface area contributed by atoms with Gasteiger partial charge in [0.25, 0.3) is 5.91 Å². The van der Waals surface area contributed by atoms with E-state index in [9.17, 15) is 9.59 Å². The zero-order valence-electron chi connectivity index (χ0n) is 12.7. The van der Waals surface area contributed by atoms with E-state index in [0.717, 1.165) is 12.8 Å². The van der Waals surface area contributed by atoms with Crippen LogP contribution in [-0.4, -0.2) is 17.9 Å². The van der Waals surface area contributed by atoms with Gasteiger partial charge in [0.2, 0.25) is 5.91 Å². The average molecular weight is 331 g/mol. The molecule has 0 radical (unpaired) electrons. The van der Waals surface area contributed by atoms with E-state index in [0.29, 0.717) is 17.0 Å². The fourth-order valence-electron chi connectivity index (χ4n) is 2.32. The van der Waals surface area contributed by atoms with Gasteiger partial charge in [0.15, 0.2) is 0 Å². The van der Waals surface area contributed by atoms with Gasteiger partial charge in [-0.3, -0.25) is 9.59 Å². The summed E-state index contributed by atoms with van der Waals surface area (Å²) in [5.41, 5.74) is 6.92. The van der Waals surface area contributed by atoms with Crippen LogP contribution in [0.3, 0.4) is 0 Å². The van der Waals surface area contributed by atoms with Crippen LogP contribution in [0.5, 0.6) is 0 Å². The first-order chi connectivity index (χ1) is 11.1. The zero-order valence-corrected chi connectivity index (χ0v) is 13.4. The quantitative estimate of drug-likeness (QED) is 0.819. The van der Waals surface area contributed by atoms with Gasteiger partial charge in [-0.05, 0) is 37.0 Å². The largest absolute Gasteiger partial charge is 0.368 e. The van der Waals surface area contributed by atoms with Crippen molar-refractivity contribution in [2.24, 2.45) is 5.73 Å². The van der Waals surface area contributed by atoms with E-state index < -0.39 is 11.9 Å². The Morgan fingerprint density at radius 1 is 1.04 bits per heavy atom. The molecule has 120 valence electrons. The molecule has 1 atom stereocenters. The van der Waals surface area contributed by atoms with Crippen LogP contribution in [0.1, 0.15) is 28.8 Å². The van der Waals surface area contributed by atoms with Gasteiger partial charge in [-0.2, -0.15) is 0 Å². The molecule has 4 nitrogen and oxygen atoms in total. The van der Waals surface area contributed by atoms with Gasteiger partial charge < -0.3 is 11.1 Å². The van der Waals surface area contributed by atoms with Gasteiger partial charge >= 0.3 is 0 Å². The van der Waals surface area contributed by atoms with Crippen LogP contribution in [0.4, 0.5) is 0 Å². The van der Waals surface area contributed by atoms with Crippen molar-refractivity contribution < 1.29 is 9.59 Å². The van der Waals surface area contributed by atoms with Crippen LogP contribution < -0.4 is 11.1 Å². The highest BCUT2D eigenvalue weighted by Crippen LogP contribution is 2.15. The Morgan fingerprint density at radius 2 is 1.70 bits per heavy atom. The molecule has 23 heavy (non-hydrogen) atoms. The summed E-state index contributed by atoms with van der Waals surface area (Å²) in [6.07, 6.45) is 2.06. The first-order valence-electron chi connectivity index (χ1n) is 7.46. The predicted octanol–water partition coefficient (Wildman–Crippen LogP) is 2.95. The number of amides is 2. The Bertz CT molecular complexity index is 674. The Labute approximate surface area is 140 Å². The number of hydrogen-bond acceptors (Lipinski definition) is 2. The minimum absolute atomic E-state index is 0.337. The molecule has 2 amide bonds. The number of aryl methyl sites for hydroxylation is 1. The lowest BCUT2D eigenvalue weighted by atomic mass is 10.0. The first-order valence-corrected chi connectivity index (χ1v) is 7.84. The SMILES string of the molecule is NC(=O)[C@H](CCCc1ccccc1)NC(=O)c1ccccc1Cl. The van der Waals surface area contributed by atoms with E-state index >= 15 is 0 Å². The third kappa shape index (κ3) is 5.11. The maximum Gasteiger partial charge on any atom is 0.253 e. The molecule has 2 aromatic rings. The summed E-state index contributed by atoms with van der Waals surface area (Å²) < 4.78 is 0. The van der Waals surface area contributed by atoms with Crippen molar-refractivity contribution in [1.29, 1.82) is 0 Å². The molecule has 0 aliphatic rings. The fraction of sp³-hybridized carbons (Fsp3) is 0.222. The fourth-order valence-corrected chi connectivity index (χ4v) is 2.54. The highest BCUT2D eigenvalue weighted by molar-refractivity contribution is 6.33. The molecule has 3 N–H and O–H groups in total. The third-order valence-corrected chi connectivity index (χ3v) is 3.90. The smallest absolute Gasteiger partial charge is 0.253 e. The molecule has 0 aliphatic carbocycles. The summed E-state index contributed by atoms with van der Waals surface area (Å²) in [4.78, 5) is 23.8. The second-order valence-corrected chi connectivity index (χ2v) is 5.69. The van der Waals surface area contributed by atoms with Crippen LogP contribution >= 0.6 is 11.6 Å². The second-order valence-electron chi connectivity index (χ2n) is 5.29. The van der Waals surface area contributed by atoms with Crippen LogP contribution in [0.2, 0.25) is 5.02 Å². The van der Waals surface area contributed by atoms with E-state index in [2.05, 4.69) is 5.32 Å². The van der Waals surface area contributed by atoms with E-state index in [-0.39, 0.29) is 5.91 Å². The highest BCUT2D eigenvalue weighted by Gasteiger charge is 2.19. The lowest BCUT2D eigenvalue weighted by Gasteiger charge is -2.16. The molecule has 0 fully saturated rings. The van der Waals surface area contributed by atoms with Gasteiger partial charge in [0, 0.05) is 0 Å². The highest BCUT2D eigenvalue weighted by atomic mass is 35.5. The molecule has 0 bridgehead atoms. The Morgan fingerprint density at radius 3 is 2.35 bits per heavy atom. The number of halogens is 1. The summed E-state index contributed by atoms with van der Waals surface area (Å²) in [7, 11) is 0. The molecule has 0 aromatic heterocycles. The number of primary amides is 1. The summed E-state index contributed by atoms with van der Waals surface area (Å²) >= 11 is 5.99. The Kier molecular flexibility index (Phi) is 6.18. The molecule has 0 spiro atoms. The van der Waals surface area contributed by atoms with Crippen molar-refractivity contribution in [2.45, 2.75) is 25.3 Å². The minimum atomic E-state index is -0.706. The van der Waals surface area contributed by atoms with Crippen LogP contribution in [0.15, 0.2) is 54.6 Å². The van der Waals surface area contributed by atoms with Crippen LogP contribution in [0, 0.1) is 0 Å². The van der Waals surface area contributed by atoms with E-state index in [1.807, 2.05) is 30.3 Å². The Hall–Kier alpha value is -2.33. The normalized spacial score (nSPS) is 11.7. The Balaban J connectivity index is 1.92. The van der Waals surface area contributed by atoms with Gasteiger partial charge in [-0.15, -0.1) is 0 Å². The average Bonchev–Trinajstić information content (AvgIpc) is 2.55. The predicted molar refractivity (Wildman–Crippen MR) is 91.3 cm³/mol. The number of benzene rings is 2. The topological polar surface area (TPSA) is 72.2 Å². The third-order valence-electron chi connectivity index (χ3n) is 3.57. The molecule has 0 aliphatic heterocycles. The van der Waals surface area contributed by atoms with E-state index in [4.69, 9.17) is 17.3 Å². The number of nitrogens with two attached hydrogens (primary N) is 1. The maximum absolute atomic E-state index is 12.2. The summed E-state index contributed by atoms with van der Waals surface area (Å²) in [5, 5.41) is 3.01. The number of nitrogens with one attached hydrogen (secondary N) is 1. The first kappa shape index (κ1) is 17.0. The molecule has 5 heteroatoms. The van der Waals surface area contributed by atoms with Crippen molar-refractivity contribution in [2.75, 3.05) is 0 Å². The second kappa shape index (κ2) is 8.34. The van der Waals surface area contributed by atoms with Crippen molar-refractivity contribution in [3.63, 3.8) is 0 Å². The lowest BCUT2D eigenvalue weighted by Crippen LogP contribution is -2.44. The van der Waals surface area contributed by atoms with E-state index in [1.54, 1.807) is 24.3 Å². The molecular weight excluding hydrogens is 312 g/mol. The summed E-state index contributed by atoms with van der Waals surface area (Å²) in [6, 6.07) is 16.0. The minimum Gasteiger partial charge on any atom is -0.368 e. The molecular formula is C18H19ClN2O2. The van der Waals surface area contributed by atoms with Gasteiger partial charge in [-0.25, -0.2) is 0 Å². The monoisotopic (exact) mass is 330 g/mol. The van der Waals surface area contributed by atoms with E-state index in [1.165, 1.54) is 5.56 Å². The van der Waals surface area contributed by atoms with Gasteiger partial charge in [0.05, 0.1) is 10.6 Å². The molecule has 0 saturated heterocycles. The molecule has 0 unspecified atom stereocenters. The lowest BCUT2D eigenvalue weighted by molar-refractivity contribution is -0.120. The van der Waals surface area contributed by atoms with Gasteiger partial charge in [0.1, 0.15) is 6.04 Å². The molecule has 0 saturated carbocycles. The van der Waals surface area contributed by atoms with Crippen LogP contribution in [-0.2, 0) is 11.2 Å². The van der Waals surface area contributed by atoms with Crippen molar-refractivity contribution in [3.8, 4) is 0 Å². The number of hydrogen-bond donors (Lipinski definition) is 2. The zero-order chi connectivity index (χ0) is 16.7. The van der Waals surface area contributed by atoms with Crippen molar-refractivity contribution in [1.82, 2.24) is 5.32 Å².